The van der Waals surface area contributed by atoms with Crippen LogP contribution in [0.25, 0.3) is 6.08 Å². The first-order chi connectivity index (χ1) is 8.04. The maximum absolute atomic E-state index is 5.57. The van der Waals surface area contributed by atoms with Crippen molar-refractivity contribution in [3.8, 4) is 0 Å². The number of hydrogen-bond donors (Lipinski definition) is 0. The maximum Gasteiger partial charge on any atom is 0.0724 e. The van der Waals surface area contributed by atoms with Gasteiger partial charge in [-0.05, 0) is 22.8 Å². The minimum Gasteiger partial charge on any atom is -0.372 e. The van der Waals surface area contributed by atoms with Crippen LogP contribution in [0.3, 0.4) is 0 Å². The highest BCUT2D eigenvalue weighted by Gasteiger charge is 2.18. The summed E-state index contributed by atoms with van der Waals surface area (Å²) in [4.78, 5) is 0. The van der Waals surface area contributed by atoms with E-state index in [0.29, 0.717) is 0 Å². The van der Waals surface area contributed by atoms with E-state index in [1.807, 2.05) is 6.07 Å². The Kier molecular flexibility index (Phi) is 3.65. The summed E-state index contributed by atoms with van der Waals surface area (Å²) in [7, 11) is -1.16. The zero-order chi connectivity index (χ0) is 12.3. The van der Waals surface area contributed by atoms with Crippen molar-refractivity contribution < 1.29 is 4.74 Å². The third-order valence-corrected chi connectivity index (χ3v) is 3.89. The highest BCUT2D eigenvalue weighted by Crippen LogP contribution is 2.23. The highest BCUT2D eigenvalue weighted by atomic mass is 28.3. The van der Waals surface area contributed by atoms with Crippen molar-refractivity contribution in [1.82, 2.24) is 0 Å². The minimum absolute atomic E-state index is 0.755. The van der Waals surface area contributed by atoms with Crippen LogP contribution in [0, 0.1) is 0 Å². The Labute approximate surface area is 105 Å². The standard InChI is InChI=1S/C15H20OSi/c1-17(2,3)12-15-11-16-10-14(15)9-13-7-5-4-6-8-13/h4-9,12H,10-11H2,1-3H3/b14-9+,15-12-. The van der Waals surface area contributed by atoms with Crippen LogP contribution in [-0.2, 0) is 4.74 Å². The molecule has 0 bridgehead atoms. The van der Waals surface area contributed by atoms with Gasteiger partial charge in [-0.2, -0.15) is 0 Å². The Morgan fingerprint density at radius 3 is 2.29 bits per heavy atom. The zero-order valence-corrected chi connectivity index (χ0v) is 11.9. The summed E-state index contributed by atoms with van der Waals surface area (Å²) >= 11 is 0. The Balaban J connectivity index is 2.27. The molecule has 17 heavy (non-hydrogen) atoms. The van der Waals surface area contributed by atoms with E-state index in [2.05, 4.69) is 55.7 Å². The number of benzene rings is 1. The van der Waals surface area contributed by atoms with Crippen molar-refractivity contribution in [1.29, 1.82) is 0 Å². The molecule has 0 amide bonds. The minimum atomic E-state index is -1.16. The van der Waals surface area contributed by atoms with Crippen molar-refractivity contribution in [2.24, 2.45) is 0 Å². The van der Waals surface area contributed by atoms with E-state index in [1.54, 1.807) is 0 Å². The molecule has 1 nitrogen and oxygen atoms in total. The van der Waals surface area contributed by atoms with Gasteiger partial charge in [0.25, 0.3) is 0 Å². The van der Waals surface area contributed by atoms with E-state index in [1.165, 1.54) is 16.7 Å². The molecule has 0 atom stereocenters. The molecule has 1 saturated heterocycles. The molecule has 0 aliphatic carbocycles. The summed E-state index contributed by atoms with van der Waals surface area (Å²) in [5.41, 5.74) is 6.45. The Morgan fingerprint density at radius 1 is 1.00 bits per heavy atom. The Hall–Kier alpha value is -1.12. The SMILES string of the molecule is C[Si](C)(C)/C=C1/COC/C1=C\c1ccccc1. The summed E-state index contributed by atoms with van der Waals surface area (Å²) in [5.74, 6) is 0. The largest absolute Gasteiger partial charge is 0.372 e. The molecule has 0 N–H and O–H groups in total. The van der Waals surface area contributed by atoms with E-state index in [0.717, 1.165) is 13.2 Å². The van der Waals surface area contributed by atoms with E-state index < -0.39 is 8.07 Å². The van der Waals surface area contributed by atoms with E-state index in [9.17, 15) is 0 Å². The summed E-state index contributed by atoms with van der Waals surface area (Å²) < 4.78 is 5.57. The molecule has 1 aromatic carbocycles. The maximum atomic E-state index is 5.57. The molecule has 0 unspecified atom stereocenters. The van der Waals surface area contributed by atoms with E-state index in [4.69, 9.17) is 4.74 Å². The van der Waals surface area contributed by atoms with E-state index >= 15 is 0 Å². The van der Waals surface area contributed by atoms with Crippen LogP contribution in [0.1, 0.15) is 5.56 Å². The van der Waals surface area contributed by atoms with Crippen molar-refractivity contribution in [2.75, 3.05) is 13.2 Å². The van der Waals surface area contributed by atoms with Gasteiger partial charge < -0.3 is 4.74 Å². The predicted molar refractivity (Wildman–Crippen MR) is 76.7 cm³/mol. The van der Waals surface area contributed by atoms with E-state index in [-0.39, 0.29) is 0 Å². The lowest BCUT2D eigenvalue weighted by Gasteiger charge is -2.11. The molecule has 90 valence electrons. The molecular weight excluding hydrogens is 224 g/mol. The quantitative estimate of drug-likeness (QED) is 0.717. The Bertz CT molecular complexity index is 438. The molecule has 1 aliphatic heterocycles. The molecule has 1 aromatic rings. The van der Waals surface area contributed by atoms with Gasteiger partial charge >= 0.3 is 0 Å². The average Bonchev–Trinajstić information content (AvgIpc) is 2.65. The van der Waals surface area contributed by atoms with Crippen LogP contribution < -0.4 is 0 Å². The lowest BCUT2D eigenvalue weighted by Crippen LogP contribution is -2.17. The molecule has 1 aliphatic rings. The summed E-state index contributed by atoms with van der Waals surface area (Å²) in [6.07, 6.45) is 2.25. The topological polar surface area (TPSA) is 9.23 Å². The second-order valence-corrected chi connectivity index (χ2v) is 10.6. The second kappa shape index (κ2) is 5.03. The average molecular weight is 244 g/mol. The van der Waals surface area contributed by atoms with Gasteiger partial charge in [0.2, 0.25) is 0 Å². The monoisotopic (exact) mass is 244 g/mol. The molecule has 1 heterocycles. The first kappa shape index (κ1) is 12.3. The molecule has 0 radical (unpaired) electrons. The molecule has 2 heteroatoms. The summed E-state index contributed by atoms with van der Waals surface area (Å²) in [5, 5.41) is 0. The van der Waals surface area contributed by atoms with Crippen molar-refractivity contribution in [3.63, 3.8) is 0 Å². The smallest absolute Gasteiger partial charge is 0.0724 e. The zero-order valence-electron chi connectivity index (χ0n) is 10.9. The second-order valence-electron chi connectivity index (χ2n) is 5.61. The molecule has 0 saturated carbocycles. The van der Waals surface area contributed by atoms with Crippen LogP contribution in [-0.4, -0.2) is 21.3 Å². The van der Waals surface area contributed by atoms with Gasteiger partial charge in [0.15, 0.2) is 0 Å². The lowest BCUT2D eigenvalue weighted by atomic mass is 10.1. The molecule has 2 rings (SSSR count). The fraction of sp³-hybridized carbons (Fsp3) is 0.333. The first-order valence-corrected chi connectivity index (χ1v) is 9.68. The van der Waals surface area contributed by atoms with Crippen LogP contribution in [0.4, 0.5) is 0 Å². The lowest BCUT2D eigenvalue weighted by molar-refractivity contribution is 0.215. The highest BCUT2D eigenvalue weighted by molar-refractivity contribution is 6.81. The number of ether oxygens (including phenoxy) is 1. The van der Waals surface area contributed by atoms with Gasteiger partial charge in [0.1, 0.15) is 0 Å². The van der Waals surface area contributed by atoms with Crippen LogP contribution in [0.15, 0.2) is 47.2 Å². The van der Waals surface area contributed by atoms with Crippen LogP contribution >= 0.6 is 0 Å². The number of rotatable bonds is 2. The van der Waals surface area contributed by atoms with Gasteiger partial charge in [-0.15, -0.1) is 0 Å². The third-order valence-electron chi connectivity index (χ3n) is 2.68. The predicted octanol–water partition coefficient (Wildman–Crippen LogP) is 3.90. The van der Waals surface area contributed by atoms with Crippen molar-refractivity contribution in [3.05, 3.63) is 52.7 Å². The summed E-state index contributed by atoms with van der Waals surface area (Å²) in [6.45, 7) is 8.61. The van der Waals surface area contributed by atoms with Crippen LogP contribution in [0.2, 0.25) is 19.6 Å². The fourth-order valence-corrected chi connectivity index (χ4v) is 3.31. The Morgan fingerprint density at radius 2 is 1.65 bits per heavy atom. The van der Waals surface area contributed by atoms with Gasteiger partial charge in [-0.1, -0.05) is 55.7 Å². The first-order valence-electron chi connectivity index (χ1n) is 6.10. The summed E-state index contributed by atoms with van der Waals surface area (Å²) in [6, 6.07) is 10.5. The van der Waals surface area contributed by atoms with Gasteiger partial charge in [0, 0.05) is 0 Å². The van der Waals surface area contributed by atoms with Gasteiger partial charge in [0.05, 0.1) is 21.3 Å². The third kappa shape index (κ3) is 3.68. The van der Waals surface area contributed by atoms with Gasteiger partial charge in [-0.3, -0.25) is 0 Å². The fourth-order valence-electron chi connectivity index (χ4n) is 2.00. The molecule has 0 aromatic heterocycles. The molecule has 1 fully saturated rings. The van der Waals surface area contributed by atoms with Crippen molar-refractivity contribution in [2.45, 2.75) is 19.6 Å². The molecule has 0 spiro atoms. The molecular formula is C15H20OSi. The van der Waals surface area contributed by atoms with Gasteiger partial charge in [-0.25, -0.2) is 0 Å². The normalized spacial score (nSPS) is 21.4. The van der Waals surface area contributed by atoms with Crippen molar-refractivity contribution >= 4 is 14.1 Å². The van der Waals surface area contributed by atoms with Crippen LogP contribution in [0.5, 0.6) is 0 Å². The number of hydrogen-bond acceptors (Lipinski definition) is 1.